The number of ether oxygens (including phenoxy) is 1. The van der Waals surface area contributed by atoms with Gasteiger partial charge in [0.2, 0.25) is 0 Å². The van der Waals surface area contributed by atoms with Crippen LogP contribution in [0.3, 0.4) is 0 Å². The Morgan fingerprint density at radius 1 is 1.10 bits per heavy atom. The quantitative estimate of drug-likeness (QED) is 0.801. The molecule has 0 atom stereocenters. The number of nitrogens with zero attached hydrogens (tertiary/aromatic N) is 1. The molecule has 0 radical (unpaired) electrons. The highest BCUT2D eigenvalue weighted by molar-refractivity contribution is 7.92. The second-order valence-corrected chi connectivity index (χ2v) is 5.95. The van der Waals surface area contributed by atoms with Crippen LogP contribution in [-0.4, -0.2) is 20.5 Å². The van der Waals surface area contributed by atoms with Gasteiger partial charge in [0.05, 0.1) is 12.0 Å². The largest absolute Gasteiger partial charge is 0.497 e. The predicted molar refractivity (Wildman–Crippen MR) is 77.8 cm³/mol. The Morgan fingerprint density at radius 3 is 2.48 bits per heavy atom. The Kier molecular flexibility index (Phi) is 3.26. The van der Waals surface area contributed by atoms with Crippen LogP contribution in [0.4, 0.5) is 6.01 Å². The lowest BCUT2D eigenvalue weighted by Gasteiger charge is -2.05. The van der Waals surface area contributed by atoms with Crippen molar-refractivity contribution in [3.05, 3.63) is 48.5 Å². The number of aromatic nitrogens is 1. The molecule has 0 unspecified atom stereocenters. The number of para-hydroxylation sites is 2. The maximum Gasteiger partial charge on any atom is 0.309 e. The maximum absolute atomic E-state index is 12.2. The van der Waals surface area contributed by atoms with Crippen molar-refractivity contribution in [3.8, 4) is 5.75 Å². The second-order valence-electron chi connectivity index (χ2n) is 4.27. The highest BCUT2D eigenvalue weighted by atomic mass is 32.2. The number of hydrogen-bond acceptors (Lipinski definition) is 5. The average Bonchev–Trinajstić information content (AvgIpc) is 2.88. The highest BCUT2D eigenvalue weighted by Crippen LogP contribution is 2.22. The van der Waals surface area contributed by atoms with Gasteiger partial charge in [-0.1, -0.05) is 12.1 Å². The van der Waals surface area contributed by atoms with E-state index in [9.17, 15) is 8.42 Å². The summed E-state index contributed by atoms with van der Waals surface area (Å²) in [5.41, 5.74) is 1.11. The lowest BCUT2D eigenvalue weighted by atomic mass is 10.3. The van der Waals surface area contributed by atoms with Crippen LogP contribution in [0.5, 0.6) is 5.75 Å². The van der Waals surface area contributed by atoms with Crippen molar-refractivity contribution in [1.82, 2.24) is 4.98 Å². The second kappa shape index (κ2) is 5.10. The van der Waals surface area contributed by atoms with E-state index in [0.717, 1.165) is 0 Å². The molecule has 3 aromatic rings. The molecule has 1 N–H and O–H groups in total. The molecule has 0 aliphatic heterocycles. The molecule has 0 bridgehead atoms. The number of methoxy groups -OCH3 is 1. The number of sulfonamides is 1. The molecule has 3 rings (SSSR count). The normalized spacial score (nSPS) is 11.5. The summed E-state index contributed by atoms with van der Waals surface area (Å²) in [6.07, 6.45) is 0. The molecule has 7 heteroatoms. The van der Waals surface area contributed by atoms with E-state index < -0.39 is 10.0 Å². The van der Waals surface area contributed by atoms with Crippen LogP contribution < -0.4 is 9.46 Å². The zero-order chi connectivity index (χ0) is 14.9. The van der Waals surface area contributed by atoms with E-state index in [2.05, 4.69) is 9.71 Å². The van der Waals surface area contributed by atoms with Crippen LogP contribution in [0.1, 0.15) is 0 Å². The summed E-state index contributed by atoms with van der Waals surface area (Å²) in [7, 11) is -2.23. The summed E-state index contributed by atoms with van der Waals surface area (Å²) < 4.78 is 37.1. The lowest BCUT2D eigenvalue weighted by Crippen LogP contribution is -2.13. The molecule has 2 aromatic carbocycles. The molecule has 1 aromatic heterocycles. The maximum atomic E-state index is 12.2. The lowest BCUT2D eigenvalue weighted by molar-refractivity contribution is 0.414. The molecule has 0 aliphatic carbocycles. The first-order chi connectivity index (χ1) is 10.1. The third-order valence-corrected chi connectivity index (χ3v) is 4.22. The molecular formula is C14H12N2O4S. The monoisotopic (exact) mass is 304 g/mol. The van der Waals surface area contributed by atoms with Crippen LogP contribution in [0.2, 0.25) is 0 Å². The number of fused-ring (bicyclic) bond motifs is 1. The molecular weight excluding hydrogens is 292 g/mol. The van der Waals surface area contributed by atoms with Crippen molar-refractivity contribution in [2.75, 3.05) is 11.8 Å². The first-order valence-corrected chi connectivity index (χ1v) is 7.59. The fourth-order valence-electron chi connectivity index (χ4n) is 1.84. The van der Waals surface area contributed by atoms with Gasteiger partial charge in [-0.2, -0.15) is 4.98 Å². The van der Waals surface area contributed by atoms with Crippen LogP contribution in [0.25, 0.3) is 11.1 Å². The molecule has 0 saturated carbocycles. The fourth-order valence-corrected chi connectivity index (χ4v) is 2.77. The summed E-state index contributed by atoms with van der Waals surface area (Å²) >= 11 is 0. The highest BCUT2D eigenvalue weighted by Gasteiger charge is 2.17. The van der Waals surface area contributed by atoms with Crippen molar-refractivity contribution in [2.24, 2.45) is 0 Å². The van der Waals surface area contributed by atoms with Crippen molar-refractivity contribution in [3.63, 3.8) is 0 Å². The number of nitrogens with one attached hydrogen (secondary N) is 1. The van der Waals surface area contributed by atoms with E-state index in [-0.39, 0.29) is 10.9 Å². The van der Waals surface area contributed by atoms with Crippen molar-refractivity contribution in [1.29, 1.82) is 0 Å². The minimum Gasteiger partial charge on any atom is -0.497 e. The van der Waals surface area contributed by atoms with Crippen molar-refractivity contribution < 1.29 is 17.6 Å². The van der Waals surface area contributed by atoms with Gasteiger partial charge in [0, 0.05) is 0 Å². The van der Waals surface area contributed by atoms with Gasteiger partial charge in [0.15, 0.2) is 5.58 Å². The number of oxazole rings is 1. The standard InChI is InChI=1S/C14H12N2O4S/c1-19-10-6-8-11(9-7-10)21(17,18)16-14-15-12-4-2-3-5-13(12)20-14/h2-9H,1H3,(H,15,16). The van der Waals surface area contributed by atoms with E-state index >= 15 is 0 Å². The zero-order valence-electron chi connectivity index (χ0n) is 11.1. The smallest absolute Gasteiger partial charge is 0.309 e. The van der Waals surface area contributed by atoms with Gasteiger partial charge in [-0.05, 0) is 36.4 Å². The molecule has 0 spiro atoms. The van der Waals surface area contributed by atoms with Crippen LogP contribution in [0, 0.1) is 0 Å². The van der Waals surface area contributed by atoms with E-state index in [1.54, 1.807) is 36.4 Å². The van der Waals surface area contributed by atoms with Crippen LogP contribution >= 0.6 is 0 Å². The summed E-state index contributed by atoms with van der Waals surface area (Å²) in [6.45, 7) is 0. The summed E-state index contributed by atoms with van der Waals surface area (Å²) in [5.74, 6) is 0.579. The van der Waals surface area contributed by atoms with E-state index in [1.807, 2.05) is 0 Å². The Morgan fingerprint density at radius 2 is 1.81 bits per heavy atom. The first kappa shape index (κ1) is 13.4. The van der Waals surface area contributed by atoms with Crippen molar-refractivity contribution >= 4 is 27.1 Å². The molecule has 0 fully saturated rings. The fraction of sp³-hybridized carbons (Fsp3) is 0.0714. The summed E-state index contributed by atoms with van der Waals surface area (Å²) in [4.78, 5) is 4.18. The number of benzene rings is 2. The summed E-state index contributed by atoms with van der Waals surface area (Å²) in [5, 5.41) is 0. The van der Waals surface area contributed by atoms with Crippen LogP contribution in [0.15, 0.2) is 57.8 Å². The van der Waals surface area contributed by atoms with Gasteiger partial charge in [-0.3, -0.25) is 0 Å². The minimum absolute atomic E-state index is 0.0629. The number of rotatable bonds is 4. The van der Waals surface area contributed by atoms with Gasteiger partial charge in [0.1, 0.15) is 11.3 Å². The third-order valence-electron chi connectivity index (χ3n) is 2.89. The SMILES string of the molecule is COc1ccc(S(=O)(=O)Nc2nc3ccccc3o2)cc1. The minimum atomic E-state index is -3.75. The van der Waals surface area contributed by atoms with E-state index in [1.165, 1.54) is 19.2 Å². The van der Waals surface area contributed by atoms with Gasteiger partial charge < -0.3 is 9.15 Å². The van der Waals surface area contributed by atoms with Gasteiger partial charge in [-0.15, -0.1) is 0 Å². The Hall–Kier alpha value is -2.54. The van der Waals surface area contributed by atoms with Gasteiger partial charge in [-0.25, -0.2) is 13.1 Å². The molecule has 0 aliphatic rings. The number of hydrogen-bond donors (Lipinski definition) is 1. The van der Waals surface area contributed by atoms with Gasteiger partial charge in [0.25, 0.3) is 10.0 Å². The molecule has 108 valence electrons. The zero-order valence-corrected chi connectivity index (χ0v) is 11.9. The topological polar surface area (TPSA) is 81.4 Å². The predicted octanol–water partition coefficient (Wildman–Crippen LogP) is 2.64. The first-order valence-electron chi connectivity index (χ1n) is 6.11. The van der Waals surface area contributed by atoms with Crippen molar-refractivity contribution in [2.45, 2.75) is 4.90 Å². The number of anilines is 1. The van der Waals surface area contributed by atoms with E-state index in [4.69, 9.17) is 9.15 Å². The Bertz CT molecular complexity index is 836. The molecule has 0 amide bonds. The Labute approximate surface area is 121 Å². The average molecular weight is 304 g/mol. The van der Waals surface area contributed by atoms with Gasteiger partial charge >= 0.3 is 6.01 Å². The van der Waals surface area contributed by atoms with Crippen LogP contribution in [-0.2, 0) is 10.0 Å². The van der Waals surface area contributed by atoms with E-state index in [0.29, 0.717) is 16.8 Å². The Balaban J connectivity index is 1.91. The molecule has 1 heterocycles. The molecule has 0 saturated heterocycles. The molecule has 6 nitrogen and oxygen atoms in total. The molecule has 21 heavy (non-hydrogen) atoms. The third kappa shape index (κ3) is 2.68. The summed E-state index contributed by atoms with van der Waals surface area (Å²) in [6, 6.07) is 13.0.